The van der Waals surface area contributed by atoms with Crippen molar-refractivity contribution in [3.63, 3.8) is 0 Å². The number of ether oxygens (including phenoxy) is 2. The highest BCUT2D eigenvalue weighted by Gasteiger charge is 2.20. The quantitative estimate of drug-likeness (QED) is 0.886. The fourth-order valence-corrected chi connectivity index (χ4v) is 2.93. The van der Waals surface area contributed by atoms with Crippen molar-refractivity contribution < 1.29 is 14.6 Å². The maximum Gasteiger partial charge on any atom is 0.175 e. The summed E-state index contributed by atoms with van der Waals surface area (Å²) in [6.07, 6.45) is -0.763. The van der Waals surface area contributed by atoms with Crippen LogP contribution in [0.2, 0.25) is 5.02 Å². The first-order valence-electron chi connectivity index (χ1n) is 6.18. The predicted molar refractivity (Wildman–Crippen MR) is 80.6 cm³/mol. The molecule has 2 aromatic carbocycles. The van der Waals surface area contributed by atoms with Crippen molar-refractivity contribution in [2.24, 2.45) is 0 Å². The maximum absolute atomic E-state index is 10.5. The number of benzene rings is 2. The zero-order valence-electron chi connectivity index (χ0n) is 10.5. The molecule has 1 aliphatic rings. The Balaban J connectivity index is 2.00. The summed E-state index contributed by atoms with van der Waals surface area (Å²) in [6.45, 7) is 1.04. The van der Waals surface area contributed by atoms with E-state index in [9.17, 15) is 5.11 Å². The van der Waals surface area contributed by atoms with E-state index >= 15 is 0 Å². The predicted octanol–water partition coefficient (Wildman–Crippen LogP) is 3.96. The summed E-state index contributed by atoms with van der Waals surface area (Å²) in [5.41, 5.74) is 1.46. The van der Waals surface area contributed by atoms with Crippen LogP contribution in [0.1, 0.15) is 17.2 Å². The van der Waals surface area contributed by atoms with E-state index in [1.807, 2.05) is 18.2 Å². The van der Waals surface area contributed by atoms with E-state index in [4.69, 9.17) is 21.1 Å². The molecular formula is C15H12BrClO3. The molecular weight excluding hydrogens is 344 g/mol. The molecule has 1 heterocycles. The zero-order chi connectivity index (χ0) is 14.1. The van der Waals surface area contributed by atoms with Gasteiger partial charge in [-0.25, -0.2) is 0 Å². The molecule has 104 valence electrons. The first-order valence-corrected chi connectivity index (χ1v) is 7.35. The molecule has 0 bridgehead atoms. The second-order valence-electron chi connectivity index (χ2n) is 4.48. The van der Waals surface area contributed by atoms with Gasteiger partial charge < -0.3 is 14.6 Å². The van der Waals surface area contributed by atoms with Crippen LogP contribution in [0.5, 0.6) is 11.5 Å². The molecule has 0 saturated heterocycles. The molecule has 1 atom stereocenters. The first-order chi connectivity index (χ1) is 9.65. The topological polar surface area (TPSA) is 38.7 Å². The van der Waals surface area contributed by atoms with Gasteiger partial charge in [-0.15, -0.1) is 0 Å². The van der Waals surface area contributed by atoms with Crippen LogP contribution in [-0.2, 0) is 0 Å². The van der Waals surface area contributed by atoms with E-state index in [0.29, 0.717) is 29.7 Å². The van der Waals surface area contributed by atoms with Gasteiger partial charge in [-0.1, -0.05) is 23.7 Å². The molecule has 0 aliphatic carbocycles. The molecule has 1 unspecified atom stereocenters. The van der Waals surface area contributed by atoms with Gasteiger partial charge in [0, 0.05) is 5.02 Å². The number of fused-ring (bicyclic) bond motifs is 1. The maximum atomic E-state index is 10.5. The fraction of sp³-hybridized carbons (Fsp3) is 0.200. The van der Waals surface area contributed by atoms with E-state index < -0.39 is 6.10 Å². The number of hydrogen-bond acceptors (Lipinski definition) is 3. The summed E-state index contributed by atoms with van der Waals surface area (Å²) < 4.78 is 11.9. The van der Waals surface area contributed by atoms with Crippen molar-refractivity contribution in [3.8, 4) is 11.5 Å². The van der Waals surface area contributed by atoms with Gasteiger partial charge in [0.2, 0.25) is 0 Å². The standard InChI is InChI=1S/C15H12BrClO3/c16-12-7-10(8-13-15(12)20-5-4-19-13)14(18)9-2-1-3-11(17)6-9/h1-3,6-8,14,18H,4-5H2. The minimum absolute atomic E-state index is 0.510. The summed E-state index contributed by atoms with van der Waals surface area (Å²) in [5, 5.41) is 11.1. The molecule has 0 fully saturated rings. The Labute approximate surface area is 130 Å². The molecule has 3 nitrogen and oxygen atoms in total. The Morgan fingerprint density at radius 3 is 2.70 bits per heavy atom. The van der Waals surface area contributed by atoms with E-state index in [0.717, 1.165) is 15.6 Å². The molecule has 0 radical (unpaired) electrons. The Hall–Kier alpha value is -1.23. The van der Waals surface area contributed by atoms with Gasteiger partial charge in [0.25, 0.3) is 0 Å². The Morgan fingerprint density at radius 1 is 1.10 bits per heavy atom. The van der Waals surface area contributed by atoms with Crippen molar-refractivity contribution in [2.75, 3.05) is 13.2 Å². The Kier molecular flexibility index (Phi) is 3.87. The van der Waals surface area contributed by atoms with Crippen molar-refractivity contribution in [3.05, 3.63) is 57.0 Å². The second kappa shape index (κ2) is 5.64. The smallest absolute Gasteiger partial charge is 0.175 e. The number of rotatable bonds is 2. The third-order valence-corrected chi connectivity index (χ3v) is 3.92. The minimum Gasteiger partial charge on any atom is -0.486 e. The van der Waals surface area contributed by atoms with E-state index in [-0.39, 0.29) is 0 Å². The lowest BCUT2D eigenvalue weighted by Gasteiger charge is -2.22. The second-order valence-corrected chi connectivity index (χ2v) is 5.78. The van der Waals surface area contributed by atoms with Crippen molar-refractivity contribution in [1.29, 1.82) is 0 Å². The normalized spacial score (nSPS) is 14.9. The lowest BCUT2D eigenvalue weighted by atomic mass is 10.0. The summed E-state index contributed by atoms with van der Waals surface area (Å²) in [7, 11) is 0. The number of aliphatic hydroxyl groups excluding tert-OH is 1. The Morgan fingerprint density at radius 2 is 1.90 bits per heavy atom. The van der Waals surface area contributed by atoms with Crippen LogP contribution < -0.4 is 9.47 Å². The van der Waals surface area contributed by atoms with E-state index in [1.165, 1.54) is 0 Å². The minimum atomic E-state index is -0.763. The van der Waals surface area contributed by atoms with Gasteiger partial charge in [-0.2, -0.15) is 0 Å². The third kappa shape index (κ3) is 2.64. The molecule has 3 rings (SSSR count). The van der Waals surface area contributed by atoms with Crippen molar-refractivity contribution in [1.82, 2.24) is 0 Å². The van der Waals surface area contributed by atoms with E-state index in [1.54, 1.807) is 18.2 Å². The van der Waals surface area contributed by atoms with Crippen LogP contribution in [0.25, 0.3) is 0 Å². The summed E-state index contributed by atoms with van der Waals surface area (Å²) in [4.78, 5) is 0. The Bertz CT molecular complexity index is 645. The van der Waals surface area contributed by atoms with E-state index in [2.05, 4.69) is 15.9 Å². The monoisotopic (exact) mass is 354 g/mol. The van der Waals surface area contributed by atoms with Gasteiger partial charge in [0.05, 0.1) is 4.47 Å². The zero-order valence-corrected chi connectivity index (χ0v) is 12.8. The lowest BCUT2D eigenvalue weighted by Crippen LogP contribution is -2.16. The first kappa shape index (κ1) is 13.7. The highest BCUT2D eigenvalue weighted by atomic mass is 79.9. The highest BCUT2D eigenvalue weighted by Crippen LogP contribution is 2.40. The molecule has 5 heteroatoms. The van der Waals surface area contributed by atoms with Crippen LogP contribution in [0.3, 0.4) is 0 Å². The van der Waals surface area contributed by atoms with Crippen molar-refractivity contribution in [2.45, 2.75) is 6.10 Å². The van der Waals surface area contributed by atoms with Gasteiger partial charge in [0.15, 0.2) is 11.5 Å². The number of halogens is 2. The summed E-state index contributed by atoms with van der Waals surface area (Å²) >= 11 is 9.40. The molecule has 0 saturated carbocycles. The lowest BCUT2D eigenvalue weighted by molar-refractivity contribution is 0.168. The molecule has 20 heavy (non-hydrogen) atoms. The summed E-state index contributed by atoms with van der Waals surface area (Å²) in [6, 6.07) is 10.8. The fourth-order valence-electron chi connectivity index (χ4n) is 2.16. The number of hydrogen-bond donors (Lipinski definition) is 1. The average Bonchev–Trinajstić information content (AvgIpc) is 2.46. The highest BCUT2D eigenvalue weighted by molar-refractivity contribution is 9.10. The molecule has 0 aromatic heterocycles. The van der Waals surface area contributed by atoms with Gasteiger partial charge in [-0.05, 0) is 51.3 Å². The molecule has 1 aliphatic heterocycles. The van der Waals surface area contributed by atoms with Crippen LogP contribution in [0, 0.1) is 0 Å². The average molecular weight is 356 g/mol. The van der Waals surface area contributed by atoms with Gasteiger partial charge in [0.1, 0.15) is 19.3 Å². The molecule has 0 spiro atoms. The number of aliphatic hydroxyl groups is 1. The van der Waals surface area contributed by atoms with Crippen LogP contribution in [0.4, 0.5) is 0 Å². The van der Waals surface area contributed by atoms with Crippen molar-refractivity contribution >= 4 is 27.5 Å². The molecule has 1 N–H and O–H groups in total. The van der Waals surface area contributed by atoms with Crippen LogP contribution >= 0.6 is 27.5 Å². The largest absolute Gasteiger partial charge is 0.486 e. The van der Waals surface area contributed by atoms with Gasteiger partial charge in [-0.3, -0.25) is 0 Å². The SMILES string of the molecule is OC(c1cccc(Cl)c1)c1cc(Br)c2c(c1)OCCO2. The molecule has 0 amide bonds. The van der Waals surface area contributed by atoms with Crippen LogP contribution in [0.15, 0.2) is 40.9 Å². The summed E-state index contributed by atoms with van der Waals surface area (Å²) in [5.74, 6) is 1.32. The molecule has 2 aromatic rings. The van der Waals surface area contributed by atoms with Gasteiger partial charge >= 0.3 is 0 Å². The third-order valence-electron chi connectivity index (χ3n) is 3.10. The van der Waals surface area contributed by atoms with Crippen LogP contribution in [-0.4, -0.2) is 18.3 Å².